The molecule has 0 radical (unpaired) electrons. The summed E-state index contributed by atoms with van der Waals surface area (Å²) in [6.45, 7) is 3.13. The third-order valence-corrected chi connectivity index (χ3v) is 11.2. The Morgan fingerprint density at radius 3 is 2.25 bits per heavy atom. The Morgan fingerprint density at radius 1 is 0.836 bits per heavy atom. The summed E-state index contributed by atoms with van der Waals surface area (Å²) in [5.74, 6) is -0.844. The van der Waals surface area contributed by atoms with Crippen molar-refractivity contribution in [3.05, 3.63) is 125 Å². The van der Waals surface area contributed by atoms with Crippen molar-refractivity contribution >= 4 is 23.5 Å². The van der Waals surface area contributed by atoms with Crippen molar-refractivity contribution in [3.63, 3.8) is 0 Å². The fourth-order valence-corrected chi connectivity index (χ4v) is 8.08. The molecule has 4 aromatic rings. The van der Waals surface area contributed by atoms with E-state index in [4.69, 9.17) is 14.6 Å². The number of nitrogens with one attached hydrogen (secondary N) is 2. The number of hydrogen-bond donors (Lipinski definition) is 4. The van der Waals surface area contributed by atoms with E-state index in [1.807, 2.05) is 78.9 Å². The van der Waals surface area contributed by atoms with Gasteiger partial charge in [0.05, 0.1) is 25.5 Å². The van der Waals surface area contributed by atoms with Crippen molar-refractivity contribution in [1.82, 2.24) is 15.5 Å². The molecule has 0 bridgehead atoms. The standard InChI is InChI=1S/C44H50N4O7/c49-29-31-14-16-33(17-15-31)39-26-37(28-47-24-22-44(23-25-47)43(53)46-30-48(44)36-9-2-1-3-10-36)54-42(55-39)34-20-18-32(19-21-34)38-11-5-4-8-35(38)27-45-40(50)12-6-7-13-41(51)52/h1-5,8-11,14-21,37,39,42,49H,6-7,12-13,22-30H2,(H,45,50)(H,46,53)(H,51,52)/t37-,39+,42+/m0/s1. The highest BCUT2D eigenvalue weighted by Crippen LogP contribution is 2.40. The van der Waals surface area contributed by atoms with Gasteiger partial charge < -0.3 is 40.1 Å². The molecule has 4 N–H and O–H groups in total. The van der Waals surface area contributed by atoms with Crippen LogP contribution in [0.25, 0.3) is 11.1 Å². The largest absolute Gasteiger partial charge is 0.481 e. The lowest BCUT2D eigenvalue weighted by Gasteiger charge is -2.45. The van der Waals surface area contributed by atoms with Crippen molar-refractivity contribution in [2.45, 2.75) is 82.1 Å². The molecular weight excluding hydrogens is 697 g/mol. The molecule has 11 nitrogen and oxygen atoms in total. The van der Waals surface area contributed by atoms with Gasteiger partial charge in [0.1, 0.15) is 5.54 Å². The molecule has 3 fully saturated rings. The van der Waals surface area contributed by atoms with Crippen molar-refractivity contribution in [2.24, 2.45) is 0 Å². The predicted octanol–water partition coefficient (Wildman–Crippen LogP) is 6.08. The van der Waals surface area contributed by atoms with Gasteiger partial charge in [-0.1, -0.05) is 91.0 Å². The number of unbranched alkanes of at least 4 members (excludes halogenated alkanes) is 1. The number of carboxylic acids is 1. The van der Waals surface area contributed by atoms with Gasteiger partial charge in [0.2, 0.25) is 11.8 Å². The second-order valence-electron chi connectivity index (χ2n) is 14.8. The molecule has 3 aliphatic rings. The van der Waals surface area contributed by atoms with Crippen LogP contribution in [0, 0.1) is 0 Å². The van der Waals surface area contributed by atoms with Gasteiger partial charge in [-0.25, -0.2) is 0 Å². The van der Waals surface area contributed by atoms with Gasteiger partial charge in [0, 0.05) is 56.7 Å². The first kappa shape index (κ1) is 38.2. The number of anilines is 1. The average Bonchev–Trinajstić information content (AvgIpc) is 3.54. The third kappa shape index (κ3) is 9.08. The van der Waals surface area contributed by atoms with Gasteiger partial charge >= 0.3 is 5.97 Å². The second-order valence-corrected chi connectivity index (χ2v) is 14.8. The summed E-state index contributed by atoms with van der Waals surface area (Å²) in [7, 11) is 0. The minimum absolute atomic E-state index is 0.0210. The smallest absolute Gasteiger partial charge is 0.303 e. The molecule has 0 unspecified atom stereocenters. The molecule has 288 valence electrons. The van der Waals surface area contributed by atoms with Gasteiger partial charge in [-0.2, -0.15) is 0 Å². The quantitative estimate of drug-likeness (QED) is 0.113. The van der Waals surface area contributed by atoms with Crippen molar-refractivity contribution in [3.8, 4) is 11.1 Å². The summed E-state index contributed by atoms with van der Waals surface area (Å²) in [6, 6.07) is 34.2. The number of aliphatic carboxylic acids is 1. The van der Waals surface area contributed by atoms with Gasteiger partial charge in [-0.3, -0.25) is 14.4 Å². The maximum atomic E-state index is 13.3. The highest BCUT2D eigenvalue weighted by Gasteiger charge is 2.50. The number of likely N-dealkylation sites (tertiary alicyclic amines) is 1. The second kappa shape index (κ2) is 17.6. The van der Waals surface area contributed by atoms with Crippen LogP contribution in [-0.4, -0.2) is 70.8 Å². The number of carbonyl (C=O) groups is 3. The van der Waals surface area contributed by atoms with Crippen LogP contribution in [0.4, 0.5) is 5.69 Å². The Kier molecular flexibility index (Phi) is 12.2. The third-order valence-electron chi connectivity index (χ3n) is 11.2. The zero-order valence-electron chi connectivity index (χ0n) is 31.1. The van der Waals surface area contributed by atoms with Crippen LogP contribution in [0.1, 0.15) is 79.6 Å². The van der Waals surface area contributed by atoms with E-state index in [1.165, 1.54) is 0 Å². The fraction of sp³-hybridized carbons (Fsp3) is 0.386. The minimum Gasteiger partial charge on any atom is -0.481 e. The van der Waals surface area contributed by atoms with Crippen LogP contribution in [0.15, 0.2) is 103 Å². The zero-order chi connectivity index (χ0) is 38.2. The molecule has 0 aliphatic carbocycles. The Hall–Kier alpha value is -5.07. The summed E-state index contributed by atoms with van der Waals surface area (Å²) in [5, 5.41) is 24.6. The monoisotopic (exact) mass is 746 g/mol. The molecule has 4 aromatic carbocycles. The number of amides is 2. The number of aliphatic hydroxyl groups excluding tert-OH is 1. The van der Waals surface area contributed by atoms with Crippen LogP contribution in [0.5, 0.6) is 0 Å². The SMILES string of the molecule is O=C(O)CCCCC(=O)NCc1ccccc1-c1ccc([C@@H]2O[C@H](CN3CCC4(CC3)C(=O)NCN4c3ccccc3)C[C@H](c3ccc(CO)cc3)O2)cc1. The molecule has 2 amide bonds. The number of nitrogens with zero attached hydrogens (tertiary/aromatic N) is 2. The van der Waals surface area contributed by atoms with Gasteiger partial charge in [-0.15, -0.1) is 0 Å². The number of aliphatic hydroxyl groups is 1. The maximum absolute atomic E-state index is 13.3. The number of para-hydroxylation sites is 1. The summed E-state index contributed by atoms with van der Waals surface area (Å²) in [5.41, 5.74) is 6.27. The molecule has 3 saturated heterocycles. The molecule has 3 atom stereocenters. The summed E-state index contributed by atoms with van der Waals surface area (Å²) >= 11 is 0. The number of carboxylic acid groups (broad SMARTS) is 1. The molecular formula is C44H50N4O7. The molecule has 0 aromatic heterocycles. The van der Waals surface area contributed by atoms with E-state index in [0.29, 0.717) is 45.4 Å². The van der Waals surface area contributed by atoms with E-state index < -0.39 is 17.8 Å². The fourth-order valence-electron chi connectivity index (χ4n) is 8.08. The van der Waals surface area contributed by atoms with Crippen LogP contribution >= 0.6 is 0 Å². The topological polar surface area (TPSA) is 141 Å². The number of ether oxygens (including phenoxy) is 2. The van der Waals surface area contributed by atoms with E-state index in [-0.39, 0.29) is 37.0 Å². The Balaban J connectivity index is 1.03. The van der Waals surface area contributed by atoms with Crippen LogP contribution < -0.4 is 15.5 Å². The lowest BCUT2D eigenvalue weighted by molar-refractivity contribution is -0.253. The van der Waals surface area contributed by atoms with E-state index in [1.54, 1.807) is 0 Å². The number of rotatable bonds is 14. The molecule has 0 saturated carbocycles. The first-order valence-corrected chi connectivity index (χ1v) is 19.3. The van der Waals surface area contributed by atoms with Gasteiger partial charge in [0.15, 0.2) is 6.29 Å². The van der Waals surface area contributed by atoms with E-state index in [0.717, 1.165) is 65.0 Å². The Bertz CT molecular complexity index is 1910. The molecule has 3 heterocycles. The lowest BCUT2D eigenvalue weighted by Crippen LogP contribution is -2.57. The maximum Gasteiger partial charge on any atom is 0.303 e. The zero-order valence-corrected chi connectivity index (χ0v) is 31.1. The first-order valence-electron chi connectivity index (χ1n) is 19.3. The highest BCUT2D eigenvalue weighted by atomic mass is 16.7. The van der Waals surface area contributed by atoms with Crippen molar-refractivity contribution < 1.29 is 34.1 Å². The van der Waals surface area contributed by atoms with Crippen molar-refractivity contribution in [2.75, 3.05) is 31.2 Å². The van der Waals surface area contributed by atoms with Crippen LogP contribution in [0.3, 0.4) is 0 Å². The normalized spacial score (nSPS) is 21.0. The summed E-state index contributed by atoms with van der Waals surface area (Å²) < 4.78 is 13.4. The molecule has 3 aliphatic heterocycles. The molecule has 7 rings (SSSR count). The number of piperidine rings is 1. The number of hydrogen-bond acceptors (Lipinski definition) is 8. The van der Waals surface area contributed by atoms with Gasteiger partial charge in [0.25, 0.3) is 0 Å². The molecule has 11 heteroatoms. The number of benzene rings is 4. The summed E-state index contributed by atoms with van der Waals surface area (Å²) in [4.78, 5) is 41.1. The highest BCUT2D eigenvalue weighted by molar-refractivity contribution is 5.93. The Morgan fingerprint density at radius 2 is 1.53 bits per heavy atom. The van der Waals surface area contributed by atoms with E-state index >= 15 is 0 Å². The van der Waals surface area contributed by atoms with Gasteiger partial charge in [-0.05, 0) is 65.6 Å². The number of carbonyl (C=O) groups excluding carboxylic acids is 2. The van der Waals surface area contributed by atoms with Crippen LogP contribution in [0.2, 0.25) is 0 Å². The average molecular weight is 747 g/mol. The minimum atomic E-state index is -0.849. The van der Waals surface area contributed by atoms with E-state index in [2.05, 4.69) is 44.7 Å². The lowest BCUT2D eigenvalue weighted by atomic mass is 9.85. The summed E-state index contributed by atoms with van der Waals surface area (Å²) in [6.07, 6.45) is 2.56. The molecule has 1 spiro atoms. The first-order chi connectivity index (χ1) is 26.8. The van der Waals surface area contributed by atoms with Crippen LogP contribution in [-0.2, 0) is 37.0 Å². The van der Waals surface area contributed by atoms with Crippen molar-refractivity contribution in [1.29, 1.82) is 0 Å². The van der Waals surface area contributed by atoms with E-state index in [9.17, 15) is 19.5 Å². The predicted molar refractivity (Wildman–Crippen MR) is 209 cm³/mol. The molecule has 55 heavy (non-hydrogen) atoms. The Labute approximate surface area is 322 Å².